The molecule has 1 saturated carbocycles. The third-order valence-corrected chi connectivity index (χ3v) is 3.63. The normalized spacial score (nSPS) is 19.7. The van der Waals surface area contributed by atoms with Crippen LogP contribution in [0.4, 0.5) is 5.69 Å². The van der Waals surface area contributed by atoms with Gasteiger partial charge in [0.1, 0.15) is 5.75 Å². The van der Waals surface area contributed by atoms with Crippen LogP contribution in [-0.4, -0.2) is 18.6 Å². The first-order valence-corrected chi connectivity index (χ1v) is 6.51. The molecule has 1 aromatic carbocycles. The average molecular weight is 246 g/mol. The maximum absolute atomic E-state index is 11.2. The summed E-state index contributed by atoms with van der Waals surface area (Å²) in [5.41, 5.74) is 1.96. The third kappa shape index (κ3) is 2.48. The number of rotatable bonds is 4. The van der Waals surface area contributed by atoms with Crippen LogP contribution in [0, 0.1) is 5.92 Å². The molecular formula is C14H18N2O2. The molecule has 96 valence electrons. The van der Waals surface area contributed by atoms with Gasteiger partial charge in [0.05, 0.1) is 5.69 Å². The Labute approximate surface area is 107 Å². The van der Waals surface area contributed by atoms with Gasteiger partial charge in [-0.15, -0.1) is 0 Å². The van der Waals surface area contributed by atoms with Crippen molar-refractivity contribution in [2.45, 2.75) is 32.4 Å². The first kappa shape index (κ1) is 11.5. The lowest BCUT2D eigenvalue weighted by Crippen LogP contribution is -2.28. The highest BCUT2D eigenvalue weighted by atomic mass is 16.5. The summed E-state index contributed by atoms with van der Waals surface area (Å²) in [5, 5.41) is 6.36. The molecule has 4 heteroatoms. The Morgan fingerprint density at radius 1 is 1.50 bits per heavy atom. The van der Waals surface area contributed by atoms with E-state index in [0.717, 1.165) is 23.9 Å². The number of hydrogen-bond donors (Lipinski definition) is 2. The fourth-order valence-corrected chi connectivity index (χ4v) is 2.28. The van der Waals surface area contributed by atoms with E-state index in [4.69, 9.17) is 4.74 Å². The number of amides is 1. The third-order valence-electron chi connectivity index (χ3n) is 3.63. The summed E-state index contributed by atoms with van der Waals surface area (Å²) < 4.78 is 5.33. The van der Waals surface area contributed by atoms with Gasteiger partial charge in [-0.1, -0.05) is 6.07 Å². The summed E-state index contributed by atoms with van der Waals surface area (Å²) in [6.45, 7) is 3.19. The predicted molar refractivity (Wildman–Crippen MR) is 69.6 cm³/mol. The van der Waals surface area contributed by atoms with Gasteiger partial charge < -0.3 is 15.4 Å². The second-order valence-corrected chi connectivity index (χ2v) is 5.17. The van der Waals surface area contributed by atoms with Crippen molar-refractivity contribution in [3.05, 3.63) is 23.8 Å². The standard InChI is InChI=1S/C14H18N2O2/c1-9(11-3-4-11)15-7-10-2-5-13-12(6-10)16-14(17)8-18-13/h2,5-6,9,11,15H,3-4,7-8H2,1H3,(H,16,17). The van der Waals surface area contributed by atoms with Crippen LogP contribution in [0.1, 0.15) is 25.3 Å². The Hall–Kier alpha value is -1.55. The Bertz CT molecular complexity index is 469. The van der Waals surface area contributed by atoms with Crippen LogP contribution in [-0.2, 0) is 11.3 Å². The highest BCUT2D eigenvalue weighted by Crippen LogP contribution is 2.33. The van der Waals surface area contributed by atoms with E-state index in [-0.39, 0.29) is 12.5 Å². The van der Waals surface area contributed by atoms with Gasteiger partial charge in [-0.05, 0) is 43.4 Å². The number of anilines is 1. The van der Waals surface area contributed by atoms with Crippen molar-refractivity contribution in [3.8, 4) is 5.75 Å². The van der Waals surface area contributed by atoms with Crippen LogP contribution >= 0.6 is 0 Å². The van der Waals surface area contributed by atoms with Gasteiger partial charge in [0.15, 0.2) is 6.61 Å². The quantitative estimate of drug-likeness (QED) is 0.853. The Morgan fingerprint density at radius 2 is 2.33 bits per heavy atom. The van der Waals surface area contributed by atoms with E-state index in [9.17, 15) is 4.79 Å². The molecule has 2 N–H and O–H groups in total. The van der Waals surface area contributed by atoms with Crippen molar-refractivity contribution in [2.75, 3.05) is 11.9 Å². The molecule has 0 spiro atoms. The van der Waals surface area contributed by atoms with Gasteiger partial charge in [-0.25, -0.2) is 0 Å². The first-order valence-electron chi connectivity index (χ1n) is 6.51. The molecule has 0 aromatic heterocycles. The highest BCUT2D eigenvalue weighted by molar-refractivity contribution is 5.95. The molecule has 1 amide bonds. The first-order chi connectivity index (χ1) is 8.72. The Kier molecular flexibility index (Phi) is 2.96. The fraction of sp³-hybridized carbons (Fsp3) is 0.500. The largest absolute Gasteiger partial charge is 0.482 e. The van der Waals surface area contributed by atoms with Crippen molar-refractivity contribution in [2.24, 2.45) is 5.92 Å². The summed E-state index contributed by atoms with van der Waals surface area (Å²) in [6.07, 6.45) is 2.70. The molecule has 0 bridgehead atoms. The minimum Gasteiger partial charge on any atom is -0.482 e. The molecule has 4 nitrogen and oxygen atoms in total. The molecule has 1 aliphatic heterocycles. The zero-order chi connectivity index (χ0) is 12.5. The number of ether oxygens (including phenoxy) is 1. The molecule has 0 radical (unpaired) electrons. The van der Waals surface area contributed by atoms with Gasteiger partial charge in [0, 0.05) is 12.6 Å². The molecule has 1 aromatic rings. The lowest BCUT2D eigenvalue weighted by Gasteiger charge is -2.19. The molecule has 1 aliphatic carbocycles. The number of nitrogens with one attached hydrogen (secondary N) is 2. The number of benzene rings is 1. The Morgan fingerprint density at radius 3 is 3.11 bits per heavy atom. The second-order valence-electron chi connectivity index (χ2n) is 5.17. The van der Waals surface area contributed by atoms with E-state index in [1.807, 2.05) is 18.2 Å². The predicted octanol–water partition coefficient (Wildman–Crippen LogP) is 1.91. The molecular weight excluding hydrogens is 228 g/mol. The van der Waals surface area contributed by atoms with Crippen LogP contribution in [0.3, 0.4) is 0 Å². The highest BCUT2D eigenvalue weighted by Gasteiger charge is 2.27. The summed E-state index contributed by atoms with van der Waals surface area (Å²) >= 11 is 0. The van der Waals surface area contributed by atoms with Gasteiger partial charge in [-0.3, -0.25) is 4.79 Å². The molecule has 1 heterocycles. The molecule has 2 aliphatic rings. The maximum atomic E-state index is 11.2. The monoisotopic (exact) mass is 246 g/mol. The molecule has 0 saturated heterocycles. The number of carbonyl (C=O) groups is 1. The smallest absolute Gasteiger partial charge is 0.262 e. The van der Waals surface area contributed by atoms with E-state index in [0.29, 0.717) is 6.04 Å². The molecule has 1 unspecified atom stereocenters. The van der Waals surface area contributed by atoms with E-state index in [2.05, 4.69) is 17.6 Å². The zero-order valence-electron chi connectivity index (χ0n) is 10.5. The number of fused-ring (bicyclic) bond motifs is 1. The zero-order valence-corrected chi connectivity index (χ0v) is 10.5. The minimum atomic E-state index is -0.0843. The lowest BCUT2D eigenvalue weighted by molar-refractivity contribution is -0.118. The van der Waals surface area contributed by atoms with Crippen molar-refractivity contribution >= 4 is 11.6 Å². The van der Waals surface area contributed by atoms with Crippen LogP contribution in [0.2, 0.25) is 0 Å². The van der Waals surface area contributed by atoms with Gasteiger partial charge in [0.25, 0.3) is 5.91 Å². The topological polar surface area (TPSA) is 50.4 Å². The van der Waals surface area contributed by atoms with Crippen molar-refractivity contribution in [1.82, 2.24) is 5.32 Å². The van der Waals surface area contributed by atoms with Crippen LogP contribution in [0.5, 0.6) is 5.75 Å². The summed E-state index contributed by atoms with van der Waals surface area (Å²) in [4.78, 5) is 11.2. The second kappa shape index (κ2) is 4.61. The fourth-order valence-electron chi connectivity index (χ4n) is 2.28. The van der Waals surface area contributed by atoms with E-state index in [1.54, 1.807) is 0 Å². The van der Waals surface area contributed by atoms with Crippen LogP contribution < -0.4 is 15.4 Å². The molecule has 1 atom stereocenters. The number of hydrogen-bond acceptors (Lipinski definition) is 3. The van der Waals surface area contributed by atoms with Gasteiger partial charge in [0.2, 0.25) is 0 Å². The van der Waals surface area contributed by atoms with Crippen molar-refractivity contribution in [1.29, 1.82) is 0 Å². The van der Waals surface area contributed by atoms with Crippen molar-refractivity contribution in [3.63, 3.8) is 0 Å². The lowest BCUT2D eigenvalue weighted by atomic mass is 10.1. The average Bonchev–Trinajstić information content (AvgIpc) is 3.19. The molecule has 3 rings (SSSR count). The summed E-state index contributed by atoms with van der Waals surface area (Å²) in [6, 6.07) is 6.53. The summed E-state index contributed by atoms with van der Waals surface area (Å²) in [7, 11) is 0. The molecule has 1 fully saturated rings. The van der Waals surface area contributed by atoms with Crippen LogP contribution in [0.15, 0.2) is 18.2 Å². The van der Waals surface area contributed by atoms with Gasteiger partial charge in [-0.2, -0.15) is 0 Å². The summed E-state index contributed by atoms with van der Waals surface area (Å²) in [5.74, 6) is 1.53. The van der Waals surface area contributed by atoms with Crippen molar-refractivity contribution < 1.29 is 9.53 Å². The number of carbonyl (C=O) groups excluding carboxylic acids is 1. The van der Waals surface area contributed by atoms with E-state index >= 15 is 0 Å². The van der Waals surface area contributed by atoms with E-state index < -0.39 is 0 Å². The van der Waals surface area contributed by atoms with E-state index in [1.165, 1.54) is 18.4 Å². The van der Waals surface area contributed by atoms with Crippen LogP contribution in [0.25, 0.3) is 0 Å². The minimum absolute atomic E-state index is 0.0843. The SMILES string of the molecule is CC(NCc1ccc2c(c1)NC(=O)CO2)C1CC1. The van der Waals surface area contributed by atoms with Gasteiger partial charge >= 0.3 is 0 Å². The Balaban J connectivity index is 1.65. The maximum Gasteiger partial charge on any atom is 0.262 e. The molecule has 18 heavy (non-hydrogen) atoms.